The molecule has 4 nitrogen and oxygen atoms in total. The highest BCUT2D eigenvalue weighted by Crippen LogP contribution is 2.28. The van der Waals surface area contributed by atoms with Crippen LogP contribution < -0.4 is 17.0 Å². The maximum absolute atomic E-state index is 10.9. The highest BCUT2D eigenvalue weighted by atomic mass is 79.9. The monoisotopic (exact) mass is 289 g/mol. The molecule has 0 fully saturated rings. The third-order valence-electron chi connectivity index (χ3n) is 1.72. The molecule has 0 unspecified atom stereocenters. The first-order valence-corrected chi connectivity index (χ1v) is 6.08. The van der Waals surface area contributed by atoms with Crippen molar-refractivity contribution in [2.24, 2.45) is 5.84 Å². The second kappa shape index (κ2) is 5.99. The van der Waals surface area contributed by atoms with Crippen molar-refractivity contribution >= 4 is 39.3 Å². The Balaban J connectivity index is 2.50. The van der Waals surface area contributed by atoms with Crippen LogP contribution in [-0.4, -0.2) is 11.7 Å². The van der Waals surface area contributed by atoms with Gasteiger partial charge in [0.25, 0.3) is 0 Å². The van der Waals surface area contributed by atoms with Gasteiger partial charge in [0.2, 0.25) is 5.91 Å². The van der Waals surface area contributed by atoms with Gasteiger partial charge in [-0.05, 0) is 18.2 Å². The lowest BCUT2D eigenvalue weighted by atomic mass is 10.3. The largest absolute Gasteiger partial charge is 0.398 e. The predicted octanol–water partition coefficient (Wildman–Crippen LogP) is 1.50. The van der Waals surface area contributed by atoms with Gasteiger partial charge in [-0.25, -0.2) is 5.84 Å². The number of nitrogens with one attached hydrogen (secondary N) is 1. The molecule has 0 aliphatic carbocycles. The molecule has 0 aliphatic rings. The molecule has 1 aromatic carbocycles. The molecule has 0 aromatic heterocycles. The first-order chi connectivity index (χ1) is 7.13. The first kappa shape index (κ1) is 12.4. The topological polar surface area (TPSA) is 81.1 Å². The van der Waals surface area contributed by atoms with E-state index in [4.69, 9.17) is 11.6 Å². The average Bonchev–Trinajstić information content (AvgIpc) is 2.23. The van der Waals surface area contributed by atoms with Gasteiger partial charge in [0.05, 0.1) is 0 Å². The summed E-state index contributed by atoms with van der Waals surface area (Å²) in [6.07, 6.45) is 0.382. The molecular formula is C9H12BrN3OS. The fourth-order valence-corrected chi connectivity index (χ4v) is 2.42. The lowest BCUT2D eigenvalue weighted by Crippen LogP contribution is -2.30. The van der Waals surface area contributed by atoms with E-state index in [0.29, 0.717) is 12.2 Å². The van der Waals surface area contributed by atoms with E-state index in [2.05, 4.69) is 21.4 Å². The van der Waals surface area contributed by atoms with Crippen LogP contribution in [0.4, 0.5) is 5.69 Å². The Bertz CT molecular complexity index is 359. The van der Waals surface area contributed by atoms with Crippen molar-refractivity contribution in [2.45, 2.75) is 11.3 Å². The summed E-state index contributed by atoms with van der Waals surface area (Å²) >= 11 is 4.90. The van der Waals surface area contributed by atoms with Crippen LogP contribution in [0.15, 0.2) is 27.6 Å². The van der Waals surface area contributed by atoms with Gasteiger partial charge in [-0.3, -0.25) is 10.2 Å². The van der Waals surface area contributed by atoms with E-state index in [1.165, 1.54) is 11.8 Å². The minimum absolute atomic E-state index is 0.170. The summed E-state index contributed by atoms with van der Waals surface area (Å²) in [5.41, 5.74) is 8.58. The highest BCUT2D eigenvalue weighted by Gasteiger charge is 2.03. The molecule has 1 aromatic rings. The van der Waals surface area contributed by atoms with Gasteiger partial charge in [-0.2, -0.15) is 0 Å². The van der Waals surface area contributed by atoms with Crippen LogP contribution in [-0.2, 0) is 4.79 Å². The molecule has 82 valence electrons. The number of nitrogen functional groups attached to an aromatic ring is 1. The standard InChI is InChI=1S/C9H12BrN3OS/c10-6-1-2-7(11)8(5-6)15-4-3-9(14)13-12/h1-2,5H,3-4,11-12H2,(H,13,14). The van der Waals surface area contributed by atoms with Gasteiger partial charge in [0.1, 0.15) is 0 Å². The Morgan fingerprint density at radius 3 is 2.93 bits per heavy atom. The van der Waals surface area contributed by atoms with Crippen LogP contribution in [0.5, 0.6) is 0 Å². The maximum Gasteiger partial charge on any atom is 0.234 e. The van der Waals surface area contributed by atoms with E-state index in [0.717, 1.165) is 15.1 Å². The number of hydrogen-bond acceptors (Lipinski definition) is 4. The number of amides is 1. The van der Waals surface area contributed by atoms with E-state index < -0.39 is 0 Å². The molecule has 0 aliphatic heterocycles. The Hall–Kier alpha value is -0.720. The Labute approximate surface area is 101 Å². The second-order valence-corrected chi connectivity index (χ2v) is 4.90. The number of thioether (sulfide) groups is 1. The fourth-order valence-electron chi connectivity index (χ4n) is 0.959. The van der Waals surface area contributed by atoms with Crippen LogP contribution in [0.25, 0.3) is 0 Å². The van der Waals surface area contributed by atoms with Gasteiger partial charge in [-0.1, -0.05) is 15.9 Å². The number of rotatable bonds is 4. The number of hydrazine groups is 1. The molecule has 0 heterocycles. The Morgan fingerprint density at radius 1 is 1.53 bits per heavy atom. The van der Waals surface area contributed by atoms with Crippen LogP contribution >= 0.6 is 27.7 Å². The van der Waals surface area contributed by atoms with E-state index in [-0.39, 0.29) is 5.91 Å². The minimum atomic E-state index is -0.170. The quantitative estimate of drug-likeness (QED) is 0.258. The van der Waals surface area contributed by atoms with Gasteiger partial charge in [0.15, 0.2) is 0 Å². The predicted molar refractivity (Wildman–Crippen MR) is 66.2 cm³/mol. The summed E-state index contributed by atoms with van der Waals surface area (Å²) in [4.78, 5) is 11.8. The zero-order chi connectivity index (χ0) is 11.3. The summed E-state index contributed by atoms with van der Waals surface area (Å²) in [5.74, 6) is 5.45. The van der Waals surface area contributed by atoms with Crippen molar-refractivity contribution in [2.75, 3.05) is 11.5 Å². The highest BCUT2D eigenvalue weighted by molar-refractivity contribution is 9.10. The smallest absolute Gasteiger partial charge is 0.234 e. The SMILES string of the molecule is NNC(=O)CCSc1cc(Br)ccc1N. The molecular weight excluding hydrogens is 278 g/mol. The number of benzene rings is 1. The van der Waals surface area contributed by atoms with Crippen LogP contribution in [0.2, 0.25) is 0 Å². The van der Waals surface area contributed by atoms with Crippen molar-refractivity contribution in [1.82, 2.24) is 5.43 Å². The fraction of sp³-hybridized carbons (Fsp3) is 0.222. The molecule has 0 radical (unpaired) electrons. The molecule has 5 N–H and O–H groups in total. The molecule has 1 amide bonds. The summed E-state index contributed by atoms with van der Waals surface area (Å²) in [6.45, 7) is 0. The van der Waals surface area contributed by atoms with E-state index in [1.54, 1.807) is 0 Å². The van der Waals surface area contributed by atoms with Crippen LogP contribution in [0.3, 0.4) is 0 Å². The summed E-state index contributed by atoms with van der Waals surface area (Å²) in [5, 5.41) is 0. The zero-order valence-corrected chi connectivity index (χ0v) is 10.4. The van der Waals surface area contributed by atoms with Crippen molar-refractivity contribution in [3.05, 3.63) is 22.7 Å². The zero-order valence-electron chi connectivity index (χ0n) is 8.00. The summed E-state index contributed by atoms with van der Waals surface area (Å²) < 4.78 is 0.975. The van der Waals surface area contributed by atoms with Crippen molar-refractivity contribution in [1.29, 1.82) is 0 Å². The van der Waals surface area contributed by atoms with Gasteiger partial charge in [0, 0.05) is 27.2 Å². The number of nitrogens with two attached hydrogens (primary N) is 2. The molecule has 0 spiro atoms. The minimum Gasteiger partial charge on any atom is -0.398 e. The number of halogens is 1. The van der Waals surface area contributed by atoms with Crippen molar-refractivity contribution in [3.63, 3.8) is 0 Å². The van der Waals surface area contributed by atoms with Crippen LogP contribution in [0.1, 0.15) is 6.42 Å². The number of carbonyl (C=O) groups excluding carboxylic acids is 1. The third-order valence-corrected chi connectivity index (χ3v) is 3.29. The molecule has 15 heavy (non-hydrogen) atoms. The maximum atomic E-state index is 10.9. The normalized spacial score (nSPS) is 10.0. The Kier molecular flexibility index (Phi) is 4.93. The molecule has 0 saturated heterocycles. The second-order valence-electron chi connectivity index (χ2n) is 2.85. The van der Waals surface area contributed by atoms with Crippen molar-refractivity contribution in [3.8, 4) is 0 Å². The summed E-state index contributed by atoms with van der Waals surface area (Å²) in [7, 11) is 0. The first-order valence-electron chi connectivity index (χ1n) is 4.30. The molecule has 0 bridgehead atoms. The van der Waals surface area contributed by atoms with E-state index in [9.17, 15) is 4.79 Å². The number of hydrogen-bond donors (Lipinski definition) is 3. The van der Waals surface area contributed by atoms with Gasteiger partial charge < -0.3 is 5.73 Å². The number of carbonyl (C=O) groups is 1. The van der Waals surface area contributed by atoms with E-state index in [1.807, 2.05) is 18.2 Å². The molecule has 0 saturated carbocycles. The van der Waals surface area contributed by atoms with Gasteiger partial charge >= 0.3 is 0 Å². The lowest BCUT2D eigenvalue weighted by Gasteiger charge is -2.05. The molecule has 6 heteroatoms. The Morgan fingerprint density at radius 2 is 2.27 bits per heavy atom. The molecule has 0 atom stereocenters. The third kappa shape index (κ3) is 4.11. The average molecular weight is 290 g/mol. The molecule has 1 rings (SSSR count). The lowest BCUT2D eigenvalue weighted by molar-refractivity contribution is -0.120. The summed E-state index contributed by atoms with van der Waals surface area (Å²) in [6, 6.07) is 5.64. The van der Waals surface area contributed by atoms with Crippen molar-refractivity contribution < 1.29 is 4.79 Å². The van der Waals surface area contributed by atoms with E-state index >= 15 is 0 Å². The van der Waals surface area contributed by atoms with Crippen LogP contribution in [0, 0.1) is 0 Å². The van der Waals surface area contributed by atoms with Gasteiger partial charge in [-0.15, -0.1) is 11.8 Å². The number of anilines is 1.